The molecular formula is C11H23NOS. The second kappa shape index (κ2) is 5.38. The van der Waals surface area contributed by atoms with Crippen molar-refractivity contribution in [3.63, 3.8) is 0 Å². The van der Waals surface area contributed by atoms with Gasteiger partial charge in [-0.05, 0) is 31.4 Å². The topological polar surface area (TPSA) is 23.5 Å². The van der Waals surface area contributed by atoms with E-state index in [0.29, 0.717) is 17.2 Å². The number of aliphatic hydroxyl groups is 1. The SMILES string of the molecule is CSC(C)N1C[C@@H](CC(C)C)[C@@H](O)C1. The molecule has 0 aliphatic carbocycles. The first-order chi connectivity index (χ1) is 6.54. The van der Waals surface area contributed by atoms with Gasteiger partial charge in [-0.15, -0.1) is 11.8 Å². The van der Waals surface area contributed by atoms with Gasteiger partial charge in [-0.1, -0.05) is 13.8 Å². The van der Waals surface area contributed by atoms with Crippen LogP contribution in [0, 0.1) is 11.8 Å². The molecule has 1 fully saturated rings. The van der Waals surface area contributed by atoms with Gasteiger partial charge in [0, 0.05) is 13.1 Å². The largest absolute Gasteiger partial charge is 0.391 e. The molecule has 0 spiro atoms. The third kappa shape index (κ3) is 3.14. The lowest BCUT2D eigenvalue weighted by atomic mass is 9.95. The van der Waals surface area contributed by atoms with Gasteiger partial charge in [-0.2, -0.15) is 0 Å². The van der Waals surface area contributed by atoms with Crippen molar-refractivity contribution in [2.75, 3.05) is 19.3 Å². The highest BCUT2D eigenvalue weighted by atomic mass is 32.2. The molecular weight excluding hydrogens is 194 g/mol. The van der Waals surface area contributed by atoms with E-state index >= 15 is 0 Å². The van der Waals surface area contributed by atoms with Crippen LogP contribution in [-0.4, -0.2) is 40.8 Å². The molecule has 0 aromatic heterocycles. The minimum absolute atomic E-state index is 0.105. The van der Waals surface area contributed by atoms with Gasteiger partial charge < -0.3 is 5.11 Å². The summed E-state index contributed by atoms with van der Waals surface area (Å²) in [6.07, 6.45) is 3.18. The first-order valence-electron chi connectivity index (χ1n) is 5.49. The summed E-state index contributed by atoms with van der Waals surface area (Å²) in [6, 6.07) is 0. The number of β-amino-alcohol motifs (C(OH)–C–C–N with tert-alkyl or cyclic N) is 1. The zero-order chi connectivity index (χ0) is 10.7. The van der Waals surface area contributed by atoms with Crippen LogP contribution in [0.4, 0.5) is 0 Å². The van der Waals surface area contributed by atoms with Crippen molar-refractivity contribution >= 4 is 11.8 Å². The lowest BCUT2D eigenvalue weighted by Crippen LogP contribution is -2.29. The number of hydrogen-bond acceptors (Lipinski definition) is 3. The van der Waals surface area contributed by atoms with Gasteiger partial charge in [-0.25, -0.2) is 0 Å². The molecule has 84 valence electrons. The molecule has 0 saturated carbocycles. The fourth-order valence-corrected chi connectivity index (χ4v) is 2.64. The molecule has 1 rings (SSSR count). The highest BCUT2D eigenvalue weighted by molar-refractivity contribution is 7.99. The first kappa shape index (κ1) is 12.3. The lowest BCUT2D eigenvalue weighted by Gasteiger charge is -2.22. The Kier molecular flexibility index (Phi) is 4.74. The van der Waals surface area contributed by atoms with Crippen LogP contribution in [0.1, 0.15) is 27.2 Å². The minimum Gasteiger partial charge on any atom is -0.391 e. The van der Waals surface area contributed by atoms with Crippen LogP contribution in [0.2, 0.25) is 0 Å². The predicted octanol–water partition coefficient (Wildman–Crippen LogP) is 2.03. The van der Waals surface area contributed by atoms with Crippen LogP contribution < -0.4 is 0 Å². The highest BCUT2D eigenvalue weighted by Gasteiger charge is 2.33. The number of likely N-dealkylation sites (tertiary alicyclic amines) is 1. The van der Waals surface area contributed by atoms with Gasteiger partial charge in [0.2, 0.25) is 0 Å². The van der Waals surface area contributed by atoms with Gasteiger partial charge in [0.05, 0.1) is 11.5 Å². The monoisotopic (exact) mass is 217 g/mol. The summed E-state index contributed by atoms with van der Waals surface area (Å²) in [4.78, 5) is 2.39. The predicted molar refractivity (Wildman–Crippen MR) is 63.5 cm³/mol. The zero-order valence-corrected chi connectivity index (χ0v) is 10.5. The van der Waals surface area contributed by atoms with E-state index in [4.69, 9.17) is 0 Å². The van der Waals surface area contributed by atoms with Gasteiger partial charge in [0.1, 0.15) is 0 Å². The third-order valence-electron chi connectivity index (χ3n) is 3.06. The maximum atomic E-state index is 9.90. The first-order valence-corrected chi connectivity index (χ1v) is 6.78. The Labute approximate surface area is 92.1 Å². The van der Waals surface area contributed by atoms with Crippen molar-refractivity contribution in [1.82, 2.24) is 4.90 Å². The van der Waals surface area contributed by atoms with Gasteiger partial charge in [-0.3, -0.25) is 4.90 Å². The van der Waals surface area contributed by atoms with E-state index in [1.54, 1.807) is 0 Å². The summed E-state index contributed by atoms with van der Waals surface area (Å²) in [5.41, 5.74) is 0. The van der Waals surface area contributed by atoms with Crippen LogP contribution in [-0.2, 0) is 0 Å². The van der Waals surface area contributed by atoms with E-state index in [-0.39, 0.29) is 6.10 Å². The van der Waals surface area contributed by atoms with Gasteiger partial charge >= 0.3 is 0 Å². The Morgan fingerprint density at radius 1 is 1.36 bits per heavy atom. The molecule has 1 unspecified atom stereocenters. The Morgan fingerprint density at radius 3 is 2.50 bits per heavy atom. The van der Waals surface area contributed by atoms with E-state index in [1.165, 1.54) is 0 Å². The quantitative estimate of drug-likeness (QED) is 0.779. The maximum absolute atomic E-state index is 9.90. The summed E-state index contributed by atoms with van der Waals surface area (Å²) in [7, 11) is 0. The molecule has 0 radical (unpaired) electrons. The number of nitrogens with zero attached hydrogens (tertiary/aromatic N) is 1. The Hall–Kier alpha value is 0.270. The molecule has 0 amide bonds. The van der Waals surface area contributed by atoms with Gasteiger partial charge in [0.15, 0.2) is 0 Å². The zero-order valence-electron chi connectivity index (χ0n) is 9.73. The summed E-state index contributed by atoms with van der Waals surface area (Å²) in [6.45, 7) is 8.61. The molecule has 14 heavy (non-hydrogen) atoms. The number of aliphatic hydroxyl groups excluding tert-OH is 1. The molecule has 0 aromatic rings. The third-order valence-corrected chi connectivity index (χ3v) is 4.04. The maximum Gasteiger partial charge on any atom is 0.0707 e. The van der Waals surface area contributed by atoms with E-state index in [0.717, 1.165) is 19.5 Å². The number of thioether (sulfide) groups is 1. The summed E-state index contributed by atoms with van der Waals surface area (Å²) in [5.74, 6) is 1.18. The van der Waals surface area contributed by atoms with Crippen molar-refractivity contribution in [1.29, 1.82) is 0 Å². The Morgan fingerprint density at radius 2 is 2.00 bits per heavy atom. The smallest absolute Gasteiger partial charge is 0.0707 e. The van der Waals surface area contributed by atoms with Crippen LogP contribution in [0.5, 0.6) is 0 Å². The van der Waals surface area contributed by atoms with E-state index in [1.807, 2.05) is 11.8 Å². The lowest BCUT2D eigenvalue weighted by molar-refractivity contribution is 0.131. The molecule has 0 aromatic carbocycles. The Bertz CT molecular complexity index is 175. The molecule has 1 heterocycles. The van der Waals surface area contributed by atoms with Crippen molar-refractivity contribution in [2.24, 2.45) is 11.8 Å². The molecule has 1 aliphatic heterocycles. The van der Waals surface area contributed by atoms with Crippen molar-refractivity contribution in [2.45, 2.75) is 38.7 Å². The fourth-order valence-electron chi connectivity index (χ4n) is 2.17. The summed E-state index contributed by atoms with van der Waals surface area (Å²) < 4.78 is 0. The van der Waals surface area contributed by atoms with Crippen LogP contribution >= 0.6 is 11.8 Å². The highest BCUT2D eigenvalue weighted by Crippen LogP contribution is 2.27. The average molecular weight is 217 g/mol. The second-order valence-electron chi connectivity index (χ2n) is 4.75. The van der Waals surface area contributed by atoms with E-state index < -0.39 is 0 Å². The van der Waals surface area contributed by atoms with Gasteiger partial charge in [0.25, 0.3) is 0 Å². The molecule has 1 N–H and O–H groups in total. The molecule has 0 bridgehead atoms. The molecule has 3 atom stereocenters. The Balaban J connectivity index is 2.43. The fraction of sp³-hybridized carbons (Fsp3) is 1.00. The summed E-state index contributed by atoms with van der Waals surface area (Å²) >= 11 is 1.86. The normalized spacial score (nSPS) is 31.3. The molecule has 1 saturated heterocycles. The second-order valence-corrected chi connectivity index (χ2v) is 5.90. The minimum atomic E-state index is -0.105. The molecule has 1 aliphatic rings. The van der Waals surface area contributed by atoms with Crippen LogP contribution in [0.15, 0.2) is 0 Å². The number of hydrogen-bond donors (Lipinski definition) is 1. The van der Waals surface area contributed by atoms with Crippen LogP contribution in [0.25, 0.3) is 0 Å². The summed E-state index contributed by atoms with van der Waals surface area (Å²) in [5, 5.41) is 10.4. The number of rotatable bonds is 4. The average Bonchev–Trinajstić information content (AvgIpc) is 2.46. The standard InChI is InChI=1S/C11H23NOS/c1-8(2)5-10-6-12(7-11(10)13)9(3)14-4/h8-11,13H,5-7H2,1-4H3/t9?,10-,11+/m1/s1. The van der Waals surface area contributed by atoms with Crippen molar-refractivity contribution in [3.05, 3.63) is 0 Å². The van der Waals surface area contributed by atoms with Crippen molar-refractivity contribution in [3.8, 4) is 0 Å². The van der Waals surface area contributed by atoms with Crippen molar-refractivity contribution < 1.29 is 5.11 Å². The molecule has 2 nitrogen and oxygen atoms in total. The molecule has 3 heteroatoms. The van der Waals surface area contributed by atoms with E-state index in [9.17, 15) is 5.11 Å². The van der Waals surface area contributed by atoms with Crippen LogP contribution in [0.3, 0.4) is 0 Å². The van der Waals surface area contributed by atoms with E-state index in [2.05, 4.69) is 31.9 Å².